The van der Waals surface area contributed by atoms with Gasteiger partial charge in [-0.05, 0) is 31.1 Å². The van der Waals surface area contributed by atoms with Gasteiger partial charge in [-0.1, -0.05) is 26.3 Å². The minimum atomic E-state index is -0.691. The maximum absolute atomic E-state index is 10.4. The molecule has 0 aliphatic carbocycles. The molecule has 0 aromatic heterocycles. The van der Waals surface area contributed by atoms with Gasteiger partial charge in [0.05, 0.1) is 0 Å². The molecule has 0 saturated heterocycles. The zero-order valence-corrected chi connectivity index (χ0v) is 9.38. The van der Waals surface area contributed by atoms with Crippen molar-refractivity contribution in [3.05, 3.63) is 12.7 Å². The molecular weight excluding hydrogens is 176 g/mol. The van der Waals surface area contributed by atoms with Gasteiger partial charge in [-0.15, -0.1) is 6.58 Å². The molecule has 2 heteroatoms. The number of hydrogen-bond acceptors (Lipinski definition) is 1. The van der Waals surface area contributed by atoms with Gasteiger partial charge in [-0.25, -0.2) is 0 Å². The van der Waals surface area contributed by atoms with Gasteiger partial charge in [0.2, 0.25) is 0 Å². The van der Waals surface area contributed by atoms with Crippen LogP contribution in [0.1, 0.15) is 52.4 Å². The van der Waals surface area contributed by atoms with Crippen LogP contribution in [0.15, 0.2) is 12.7 Å². The van der Waals surface area contributed by atoms with Crippen molar-refractivity contribution < 1.29 is 9.90 Å². The van der Waals surface area contributed by atoms with Crippen LogP contribution in [-0.2, 0) is 4.79 Å². The van der Waals surface area contributed by atoms with Gasteiger partial charge in [-0.2, -0.15) is 0 Å². The van der Waals surface area contributed by atoms with Crippen LogP contribution < -0.4 is 0 Å². The van der Waals surface area contributed by atoms with E-state index in [4.69, 9.17) is 5.11 Å². The van der Waals surface area contributed by atoms with E-state index in [1.54, 1.807) is 0 Å². The number of unbranched alkanes of at least 4 members (excludes halogenated alkanes) is 2. The molecular formula is C12H22O2. The maximum atomic E-state index is 10.4. The Hall–Kier alpha value is -0.790. The molecule has 2 nitrogen and oxygen atoms in total. The topological polar surface area (TPSA) is 37.3 Å². The number of carboxylic acid groups (broad SMARTS) is 1. The first kappa shape index (κ1) is 13.2. The third-order valence-corrected chi connectivity index (χ3v) is 2.53. The Bertz CT molecular complexity index is 183. The lowest BCUT2D eigenvalue weighted by Crippen LogP contribution is -2.13. The zero-order chi connectivity index (χ0) is 11.0. The third kappa shape index (κ3) is 7.84. The number of allylic oxidation sites excluding steroid dienone is 1. The van der Waals surface area contributed by atoms with Gasteiger partial charge in [0.15, 0.2) is 0 Å². The highest BCUT2D eigenvalue weighted by Gasteiger charge is 2.18. The van der Waals surface area contributed by atoms with Crippen LogP contribution in [0.3, 0.4) is 0 Å². The molecule has 0 rings (SSSR count). The Morgan fingerprint density at radius 3 is 2.50 bits per heavy atom. The summed E-state index contributed by atoms with van der Waals surface area (Å²) >= 11 is 0. The summed E-state index contributed by atoms with van der Waals surface area (Å²) in [5, 5.41) is 8.57. The van der Waals surface area contributed by atoms with E-state index in [1.807, 2.05) is 6.08 Å². The predicted octanol–water partition coefficient (Wildman–Crippen LogP) is 3.62. The fourth-order valence-electron chi connectivity index (χ4n) is 1.46. The van der Waals surface area contributed by atoms with E-state index in [2.05, 4.69) is 20.4 Å². The molecule has 0 aliphatic heterocycles. The normalized spacial score (nSPS) is 11.3. The molecule has 0 bridgehead atoms. The summed E-state index contributed by atoms with van der Waals surface area (Å²) in [6.45, 7) is 7.96. The van der Waals surface area contributed by atoms with Gasteiger partial charge in [0.25, 0.3) is 0 Å². The second kappa shape index (κ2) is 6.63. The standard InChI is InChI=1S/C12H22O2/c1-4-5-6-7-9-12(2,3)10-8-11(13)14/h4H,1,5-10H2,2-3H3,(H,13,14). The highest BCUT2D eigenvalue weighted by molar-refractivity contribution is 5.66. The lowest BCUT2D eigenvalue weighted by molar-refractivity contribution is -0.137. The van der Waals surface area contributed by atoms with E-state index in [-0.39, 0.29) is 11.8 Å². The van der Waals surface area contributed by atoms with E-state index in [0.29, 0.717) is 0 Å². The first-order chi connectivity index (χ1) is 6.48. The first-order valence-corrected chi connectivity index (χ1v) is 5.30. The molecule has 1 N–H and O–H groups in total. The van der Waals surface area contributed by atoms with Crippen molar-refractivity contribution in [1.29, 1.82) is 0 Å². The molecule has 0 spiro atoms. The molecule has 0 fully saturated rings. The Morgan fingerprint density at radius 2 is 2.00 bits per heavy atom. The summed E-state index contributed by atoms with van der Waals surface area (Å²) in [5.41, 5.74) is 0.166. The Kier molecular flexibility index (Phi) is 6.26. The number of aliphatic carboxylic acids is 1. The first-order valence-electron chi connectivity index (χ1n) is 5.30. The van der Waals surface area contributed by atoms with Crippen molar-refractivity contribution in [2.24, 2.45) is 5.41 Å². The Morgan fingerprint density at radius 1 is 1.36 bits per heavy atom. The summed E-state index contributed by atoms with van der Waals surface area (Å²) in [5.74, 6) is -0.691. The summed E-state index contributed by atoms with van der Waals surface area (Å²) in [4.78, 5) is 10.4. The average Bonchev–Trinajstić information content (AvgIpc) is 2.10. The number of hydrogen-bond donors (Lipinski definition) is 1. The van der Waals surface area contributed by atoms with Crippen LogP contribution in [0.2, 0.25) is 0 Å². The van der Waals surface area contributed by atoms with Crippen LogP contribution in [0, 0.1) is 5.41 Å². The molecule has 0 unspecified atom stereocenters. The fraction of sp³-hybridized carbons (Fsp3) is 0.750. The molecule has 0 heterocycles. The van der Waals surface area contributed by atoms with Crippen molar-refractivity contribution in [3.63, 3.8) is 0 Å². The van der Waals surface area contributed by atoms with Crippen LogP contribution in [0.5, 0.6) is 0 Å². The molecule has 0 radical (unpaired) electrons. The molecule has 82 valence electrons. The zero-order valence-electron chi connectivity index (χ0n) is 9.38. The van der Waals surface area contributed by atoms with Crippen molar-refractivity contribution in [2.45, 2.75) is 52.4 Å². The average molecular weight is 198 g/mol. The number of carbonyl (C=O) groups is 1. The molecule has 0 amide bonds. The highest BCUT2D eigenvalue weighted by atomic mass is 16.4. The van der Waals surface area contributed by atoms with E-state index >= 15 is 0 Å². The van der Waals surface area contributed by atoms with Crippen LogP contribution >= 0.6 is 0 Å². The van der Waals surface area contributed by atoms with Crippen molar-refractivity contribution in [3.8, 4) is 0 Å². The Labute approximate surface area is 87.0 Å². The van der Waals surface area contributed by atoms with E-state index in [1.165, 1.54) is 12.8 Å². The summed E-state index contributed by atoms with van der Waals surface area (Å²) in [6.07, 6.45) is 7.50. The van der Waals surface area contributed by atoms with Gasteiger partial charge in [0.1, 0.15) is 0 Å². The fourth-order valence-corrected chi connectivity index (χ4v) is 1.46. The van der Waals surface area contributed by atoms with Crippen molar-refractivity contribution in [1.82, 2.24) is 0 Å². The maximum Gasteiger partial charge on any atom is 0.303 e. The second-order valence-electron chi connectivity index (χ2n) is 4.59. The third-order valence-electron chi connectivity index (χ3n) is 2.53. The second-order valence-corrected chi connectivity index (χ2v) is 4.59. The number of rotatable bonds is 8. The summed E-state index contributed by atoms with van der Waals surface area (Å²) in [7, 11) is 0. The largest absolute Gasteiger partial charge is 0.481 e. The molecule has 0 aliphatic rings. The lowest BCUT2D eigenvalue weighted by Gasteiger charge is -2.23. The molecule has 14 heavy (non-hydrogen) atoms. The minimum Gasteiger partial charge on any atom is -0.481 e. The number of carboxylic acids is 1. The summed E-state index contributed by atoms with van der Waals surface area (Å²) < 4.78 is 0. The minimum absolute atomic E-state index is 0.166. The van der Waals surface area contributed by atoms with E-state index < -0.39 is 5.97 Å². The quantitative estimate of drug-likeness (QED) is 0.477. The van der Waals surface area contributed by atoms with Crippen molar-refractivity contribution in [2.75, 3.05) is 0 Å². The van der Waals surface area contributed by atoms with E-state index in [9.17, 15) is 4.79 Å². The van der Waals surface area contributed by atoms with Crippen LogP contribution in [0.4, 0.5) is 0 Å². The molecule has 0 aromatic carbocycles. The smallest absolute Gasteiger partial charge is 0.303 e. The molecule has 0 saturated carbocycles. The van der Waals surface area contributed by atoms with Gasteiger partial charge in [0, 0.05) is 6.42 Å². The molecule has 0 aromatic rings. The van der Waals surface area contributed by atoms with Gasteiger partial charge in [-0.3, -0.25) is 4.79 Å². The monoisotopic (exact) mass is 198 g/mol. The van der Waals surface area contributed by atoms with Crippen molar-refractivity contribution >= 4 is 5.97 Å². The lowest BCUT2D eigenvalue weighted by atomic mass is 9.82. The Balaban J connectivity index is 3.60. The van der Waals surface area contributed by atoms with Gasteiger partial charge >= 0.3 is 5.97 Å². The SMILES string of the molecule is C=CCCCCC(C)(C)CCC(=O)O. The van der Waals surface area contributed by atoms with Crippen LogP contribution in [0.25, 0.3) is 0 Å². The predicted molar refractivity (Wildman–Crippen MR) is 59.3 cm³/mol. The summed E-state index contributed by atoms with van der Waals surface area (Å²) in [6, 6.07) is 0. The highest BCUT2D eigenvalue weighted by Crippen LogP contribution is 2.29. The van der Waals surface area contributed by atoms with Gasteiger partial charge < -0.3 is 5.11 Å². The van der Waals surface area contributed by atoms with E-state index in [0.717, 1.165) is 19.3 Å². The van der Waals surface area contributed by atoms with Crippen LogP contribution in [-0.4, -0.2) is 11.1 Å². The molecule has 0 atom stereocenters.